The molecular formula is C13H19N3O4. The van der Waals surface area contributed by atoms with Crippen LogP contribution in [0.3, 0.4) is 0 Å². The van der Waals surface area contributed by atoms with Gasteiger partial charge in [0.15, 0.2) is 0 Å². The van der Waals surface area contributed by atoms with Crippen LogP contribution in [-0.4, -0.2) is 43.9 Å². The van der Waals surface area contributed by atoms with E-state index >= 15 is 0 Å². The molecule has 20 heavy (non-hydrogen) atoms. The zero-order valence-corrected chi connectivity index (χ0v) is 11.4. The van der Waals surface area contributed by atoms with Crippen molar-refractivity contribution in [3.63, 3.8) is 0 Å². The third-order valence-corrected chi connectivity index (χ3v) is 3.16. The molecule has 0 bridgehead atoms. The first-order valence-electron chi connectivity index (χ1n) is 6.63. The van der Waals surface area contributed by atoms with Gasteiger partial charge in [-0.05, 0) is 6.92 Å². The quantitative estimate of drug-likeness (QED) is 0.643. The van der Waals surface area contributed by atoms with E-state index in [1.165, 1.54) is 6.07 Å². The summed E-state index contributed by atoms with van der Waals surface area (Å²) in [4.78, 5) is 12.6. The van der Waals surface area contributed by atoms with Crippen LogP contribution in [0.5, 0.6) is 5.75 Å². The van der Waals surface area contributed by atoms with Gasteiger partial charge in [0.2, 0.25) is 0 Å². The van der Waals surface area contributed by atoms with Crippen LogP contribution in [0.15, 0.2) is 18.2 Å². The van der Waals surface area contributed by atoms with Gasteiger partial charge in [-0.3, -0.25) is 10.1 Å². The summed E-state index contributed by atoms with van der Waals surface area (Å²) >= 11 is 0. The lowest BCUT2D eigenvalue weighted by atomic mass is 10.2. The van der Waals surface area contributed by atoms with Crippen molar-refractivity contribution < 1.29 is 14.4 Å². The summed E-state index contributed by atoms with van der Waals surface area (Å²) in [5.41, 5.74) is 6.41. The van der Waals surface area contributed by atoms with Crippen molar-refractivity contribution >= 4 is 11.4 Å². The number of morpholine rings is 1. The Bertz CT molecular complexity index is 481. The lowest BCUT2D eigenvalue weighted by Gasteiger charge is -2.34. The van der Waals surface area contributed by atoms with Gasteiger partial charge in [-0.25, -0.2) is 0 Å². The molecule has 1 aliphatic rings. The van der Waals surface area contributed by atoms with Crippen molar-refractivity contribution in [2.75, 3.05) is 37.7 Å². The van der Waals surface area contributed by atoms with Gasteiger partial charge >= 0.3 is 0 Å². The van der Waals surface area contributed by atoms with E-state index in [9.17, 15) is 10.1 Å². The van der Waals surface area contributed by atoms with Gasteiger partial charge in [-0.15, -0.1) is 0 Å². The highest BCUT2D eigenvalue weighted by molar-refractivity contribution is 5.58. The minimum Gasteiger partial charge on any atom is -0.494 e. The van der Waals surface area contributed by atoms with Crippen LogP contribution in [-0.2, 0) is 4.74 Å². The molecule has 1 unspecified atom stereocenters. The van der Waals surface area contributed by atoms with Crippen molar-refractivity contribution in [3.8, 4) is 5.75 Å². The number of hydrogen-bond acceptors (Lipinski definition) is 6. The van der Waals surface area contributed by atoms with E-state index in [0.29, 0.717) is 38.6 Å². The van der Waals surface area contributed by atoms with Gasteiger partial charge in [0.05, 0.1) is 30.3 Å². The fourth-order valence-electron chi connectivity index (χ4n) is 2.20. The summed E-state index contributed by atoms with van der Waals surface area (Å²) in [7, 11) is 0. The normalized spacial score (nSPS) is 18.9. The number of anilines is 1. The maximum atomic E-state index is 11.0. The van der Waals surface area contributed by atoms with Crippen LogP contribution in [0, 0.1) is 10.1 Å². The van der Waals surface area contributed by atoms with Crippen molar-refractivity contribution in [1.82, 2.24) is 0 Å². The Morgan fingerprint density at radius 1 is 1.55 bits per heavy atom. The highest BCUT2D eigenvalue weighted by Crippen LogP contribution is 2.29. The van der Waals surface area contributed by atoms with Gasteiger partial charge in [0, 0.05) is 37.5 Å². The lowest BCUT2D eigenvalue weighted by molar-refractivity contribution is -0.384. The Balaban J connectivity index is 2.27. The Hall–Kier alpha value is -1.86. The molecular weight excluding hydrogens is 262 g/mol. The number of nitrogens with zero attached hydrogens (tertiary/aromatic N) is 2. The highest BCUT2D eigenvalue weighted by Gasteiger charge is 2.22. The van der Waals surface area contributed by atoms with Gasteiger partial charge in [-0.2, -0.15) is 0 Å². The van der Waals surface area contributed by atoms with Gasteiger partial charge in [0.1, 0.15) is 5.75 Å². The van der Waals surface area contributed by atoms with Crippen LogP contribution in [0.1, 0.15) is 6.92 Å². The van der Waals surface area contributed by atoms with Crippen molar-refractivity contribution in [2.24, 2.45) is 5.73 Å². The van der Waals surface area contributed by atoms with E-state index in [1.54, 1.807) is 6.07 Å². The van der Waals surface area contributed by atoms with E-state index in [-0.39, 0.29) is 11.8 Å². The molecule has 2 rings (SSSR count). The first-order chi connectivity index (χ1) is 9.63. The highest BCUT2D eigenvalue weighted by atomic mass is 16.6. The van der Waals surface area contributed by atoms with Crippen LogP contribution in [0.4, 0.5) is 11.4 Å². The van der Waals surface area contributed by atoms with Crippen molar-refractivity contribution in [1.29, 1.82) is 0 Å². The molecule has 1 heterocycles. The van der Waals surface area contributed by atoms with Gasteiger partial charge < -0.3 is 20.1 Å². The minimum atomic E-state index is -0.410. The molecule has 7 heteroatoms. The maximum Gasteiger partial charge on any atom is 0.275 e. The number of hydrogen-bond donors (Lipinski definition) is 1. The molecule has 7 nitrogen and oxygen atoms in total. The number of non-ortho nitro benzene ring substituents is 1. The fraction of sp³-hybridized carbons (Fsp3) is 0.538. The van der Waals surface area contributed by atoms with E-state index in [4.69, 9.17) is 15.2 Å². The second-order valence-electron chi connectivity index (χ2n) is 4.55. The van der Waals surface area contributed by atoms with Crippen LogP contribution < -0.4 is 15.4 Å². The summed E-state index contributed by atoms with van der Waals surface area (Å²) in [6.45, 7) is 4.62. The van der Waals surface area contributed by atoms with Gasteiger partial charge in [-0.1, -0.05) is 0 Å². The SMILES string of the molecule is CCOc1cc(N2CCOC(CN)C2)cc([N+](=O)[O-])c1. The second kappa shape index (κ2) is 6.53. The Labute approximate surface area is 117 Å². The molecule has 2 N–H and O–H groups in total. The summed E-state index contributed by atoms with van der Waals surface area (Å²) in [6.07, 6.45) is -0.0430. The van der Waals surface area contributed by atoms with Crippen LogP contribution in [0.25, 0.3) is 0 Å². The van der Waals surface area contributed by atoms with E-state index < -0.39 is 4.92 Å². The van der Waals surface area contributed by atoms with Crippen LogP contribution in [0.2, 0.25) is 0 Å². The Morgan fingerprint density at radius 3 is 3.00 bits per heavy atom. The molecule has 0 aromatic heterocycles. The fourth-order valence-corrected chi connectivity index (χ4v) is 2.20. The smallest absolute Gasteiger partial charge is 0.275 e. The molecule has 0 spiro atoms. The maximum absolute atomic E-state index is 11.0. The summed E-state index contributed by atoms with van der Waals surface area (Å²) in [5.74, 6) is 0.507. The zero-order valence-electron chi connectivity index (χ0n) is 11.4. The standard InChI is InChI=1S/C13H19N3O4/c1-2-19-12-6-10(5-11(7-12)16(17)18)15-3-4-20-13(8-14)9-15/h5-7,13H,2-4,8-9,14H2,1H3. The molecule has 0 aliphatic carbocycles. The molecule has 1 aromatic carbocycles. The third-order valence-electron chi connectivity index (χ3n) is 3.16. The van der Waals surface area contributed by atoms with E-state index in [1.807, 2.05) is 17.9 Å². The lowest BCUT2D eigenvalue weighted by Crippen LogP contribution is -2.45. The molecule has 0 amide bonds. The summed E-state index contributed by atoms with van der Waals surface area (Å²) in [6, 6.07) is 4.81. The predicted molar refractivity (Wildman–Crippen MR) is 75.3 cm³/mol. The van der Waals surface area contributed by atoms with Crippen molar-refractivity contribution in [3.05, 3.63) is 28.3 Å². The Kier molecular flexibility index (Phi) is 4.75. The van der Waals surface area contributed by atoms with E-state index in [2.05, 4.69) is 0 Å². The largest absolute Gasteiger partial charge is 0.494 e. The molecule has 1 saturated heterocycles. The average Bonchev–Trinajstić information content (AvgIpc) is 2.47. The number of nitro benzene ring substituents is 1. The topological polar surface area (TPSA) is 90.9 Å². The first-order valence-corrected chi connectivity index (χ1v) is 6.63. The Morgan fingerprint density at radius 2 is 2.35 bits per heavy atom. The molecule has 0 saturated carbocycles. The van der Waals surface area contributed by atoms with Gasteiger partial charge in [0.25, 0.3) is 5.69 Å². The van der Waals surface area contributed by atoms with Crippen LogP contribution >= 0.6 is 0 Å². The summed E-state index contributed by atoms with van der Waals surface area (Å²) < 4.78 is 10.9. The number of ether oxygens (including phenoxy) is 2. The molecule has 1 fully saturated rings. The first kappa shape index (κ1) is 14.5. The van der Waals surface area contributed by atoms with E-state index in [0.717, 1.165) is 5.69 Å². The second-order valence-corrected chi connectivity index (χ2v) is 4.55. The van der Waals surface area contributed by atoms with Crippen molar-refractivity contribution in [2.45, 2.75) is 13.0 Å². The molecule has 1 aliphatic heterocycles. The zero-order chi connectivity index (χ0) is 14.5. The number of nitro groups is 1. The number of benzene rings is 1. The molecule has 1 aromatic rings. The predicted octanol–water partition coefficient (Wildman–Crippen LogP) is 1.16. The monoisotopic (exact) mass is 281 g/mol. The summed E-state index contributed by atoms with van der Waals surface area (Å²) in [5, 5.41) is 11.0. The average molecular weight is 281 g/mol. The molecule has 0 radical (unpaired) electrons. The number of rotatable bonds is 5. The number of nitrogens with two attached hydrogens (primary N) is 1. The molecule has 1 atom stereocenters. The minimum absolute atomic E-state index is 0.0294. The third kappa shape index (κ3) is 3.37. The molecule has 110 valence electrons.